The molecule has 1 heterocycles. The van der Waals surface area contributed by atoms with Crippen molar-refractivity contribution in [1.29, 1.82) is 0 Å². The predicted octanol–water partition coefficient (Wildman–Crippen LogP) is 1.03. The van der Waals surface area contributed by atoms with Crippen LogP contribution >= 0.6 is 0 Å². The van der Waals surface area contributed by atoms with Crippen molar-refractivity contribution in [3.05, 3.63) is 0 Å². The van der Waals surface area contributed by atoms with Gasteiger partial charge in [0.05, 0.1) is 11.8 Å². The van der Waals surface area contributed by atoms with Crippen LogP contribution in [0.1, 0.15) is 39.5 Å². The van der Waals surface area contributed by atoms with Gasteiger partial charge in [-0.2, -0.15) is 0 Å². The van der Waals surface area contributed by atoms with Crippen molar-refractivity contribution in [2.45, 2.75) is 39.5 Å². The number of amides is 3. The topological polar surface area (TPSA) is 57.7 Å². The smallest absolute Gasteiger partial charge is 0.242 e. The molecular weight excluding hydrogens is 244 g/mol. The van der Waals surface area contributed by atoms with E-state index in [9.17, 15) is 14.4 Å². The third-order valence-corrected chi connectivity index (χ3v) is 4.34. The van der Waals surface area contributed by atoms with Crippen LogP contribution in [0.15, 0.2) is 0 Å². The molecule has 0 aromatic carbocycles. The van der Waals surface area contributed by atoms with Crippen LogP contribution in [0.25, 0.3) is 0 Å². The monoisotopic (exact) mass is 266 g/mol. The van der Waals surface area contributed by atoms with Crippen LogP contribution in [0.5, 0.6) is 0 Å². The zero-order valence-corrected chi connectivity index (χ0v) is 11.7. The van der Waals surface area contributed by atoms with E-state index in [1.165, 1.54) is 4.90 Å². The maximum Gasteiger partial charge on any atom is 0.242 e. The van der Waals surface area contributed by atoms with Gasteiger partial charge in [0.15, 0.2) is 0 Å². The fourth-order valence-electron chi connectivity index (χ4n) is 3.20. The Bertz CT molecular complexity index is 366. The summed E-state index contributed by atoms with van der Waals surface area (Å²) in [4.78, 5) is 39.3. The lowest BCUT2D eigenvalue weighted by atomic mass is 9.81. The lowest BCUT2D eigenvalue weighted by Crippen LogP contribution is -2.43. The molecule has 0 aromatic rings. The molecule has 1 aliphatic heterocycles. The number of likely N-dealkylation sites (N-methyl/N-ethyl adjacent to an activating group) is 1. The Kier molecular flexibility index (Phi) is 4.22. The quantitative estimate of drug-likeness (QED) is 0.714. The van der Waals surface area contributed by atoms with Crippen molar-refractivity contribution in [1.82, 2.24) is 9.80 Å². The van der Waals surface area contributed by atoms with E-state index in [1.807, 2.05) is 13.8 Å². The Balaban J connectivity index is 2.06. The lowest BCUT2D eigenvalue weighted by Gasteiger charge is -2.22. The number of carbonyl (C=O) groups is 3. The van der Waals surface area contributed by atoms with E-state index in [0.29, 0.717) is 13.1 Å². The van der Waals surface area contributed by atoms with Gasteiger partial charge in [0.1, 0.15) is 6.54 Å². The molecule has 3 amide bonds. The zero-order chi connectivity index (χ0) is 14.0. The number of rotatable bonds is 4. The van der Waals surface area contributed by atoms with Crippen molar-refractivity contribution in [3.8, 4) is 0 Å². The summed E-state index contributed by atoms with van der Waals surface area (Å²) in [7, 11) is 0. The molecule has 2 rings (SSSR count). The van der Waals surface area contributed by atoms with Gasteiger partial charge in [-0.3, -0.25) is 19.3 Å². The second-order valence-electron chi connectivity index (χ2n) is 5.33. The summed E-state index contributed by atoms with van der Waals surface area (Å²) in [5.74, 6) is -0.715. The molecule has 19 heavy (non-hydrogen) atoms. The average molecular weight is 266 g/mol. The third-order valence-electron chi connectivity index (χ3n) is 4.34. The summed E-state index contributed by atoms with van der Waals surface area (Å²) < 4.78 is 0. The zero-order valence-electron chi connectivity index (χ0n) is 11.7. The largest absolute Gasteiger partial charge is 0.342 e. The third kappa shape index (κ3) is 2.51. The first-order valence-corrected chi connectivity index (χ1v) is 7.23. The second kappa shape index (κ2) is 5.72. The average Bonchev–Trinajstić information content (AvgIpc) is 2.66. The second-order valence-corrected chi connectivity index (χ2v) is 5.33. The fourth-order valence-corrected chi connectivity index (χ4v) is 3.20. The van der Waals surface area contributed by atoms with Gasteiger partial charge in [-0.05, 0) is 26.7 Å². The SMILES string of the molecule is CCN(CC)C(=O)CN1C(=O)[C@@H]2CCCC[C@H]2C1=O. The molecule has 5 nitrogen and oxygen atoms in total. The highest BCUT2D eigenvalue weighted by Gasteiger charge is 2.48. The van der Waals surface area contributed by atoms with Crippen LogP contribution in [0.4, 0.5) is 0 Å². The van der Waals surface area contributed by atoms with Crippen molar-refractivity contribution in [3.63, 3.8) is 0 Å². The Labute approximate surface area is 113 Å². The van der Waals surface area contributed by atoms with Crippen molar-refractivity contribution in [2.24, 2.45) is 11.8 Å². The number of likely N-dealkylation sites (tertiary alicyclic amines) is 1. The highest BCUT2D eigenvalue weighted by Crippen LogP contribution is 2.37. The number of hydrogen-bond donors (Lipinski definition) is 0. The van der Waals surface area contributed by atoms with Crippen molar-refractivity contribution in [2.75, 3.05) is 19.6 Å². The molecule has 0 aromatic heterocycles. The van der Waals surface area contributed by atoms with Crippen LogP contribution in [0.3, 0.4) is 0 Å². The normalized spacial score (nSPS) is 26.5. The Hall–Kier alpha value is -1.39. The standard InChI is InChI=1S/C14H22N2O3/c1-3-15(4-2)12(17)9-16-13(18)10-7-5-6-8-11(10)14(16)19/h10-11H,3-9H2,1-2H3/t10-,11-/m1/s1. The summed E-state index contributed by atoms with van der Waals surface area (Å²) in [6.45, 7) is 4.94. The summed E-state index contributed by atoms with van der Waals surface area (Å²) in [5.41, 5.74) is 0. The molecule has 0 radical (unpaired) electrons. The minimum atomic E-state index is -0.161. The summed E-state index contributed by atoms with van der Waals surface area (Å²) in [6.07, 6.45) is 3.62. The molecule has 0 N–H and O–H groups in total. The number of imide groups is 1. The van der Waals surface area contributed by atoms with Gasteiger partial charge in [0.2, 0.25) is 17.7 Å². The summed E-state index contributed by atoms with van der Waals surface area (Å²) >= 11 is 0. The van der Waals surface area contributed by atoms with Crippen LogP contribution < -0.4 is 0 Å². The van der Waals surface area contributed by atoms with Crippen LogP contribution in [0.2, 0.25) is 0 Å². The van der Waals surface area contributed by atoms with Gasteiger partial charge in [0.25, 0.3) is 0 Å². The van der Waals surface area contributed by atoms with E-state index < -0.39 is 0 Å². The first-order chi connectivity index (χ1) is 9.10. The van der Waals surface area contributed by atoms with Gasteiger partial charge in [-0.25, -0.2) is 0 Å². The molecule has 2 fully saturated rings. The molecule has 1 saturated heterocycles. The maximum atomic E-state index is 12.2. The van der Waals surface area contributed by atoms with E-state index in [0.717, 1.165) is 25.7 Å². The summed E-state index contributed by atoms with van der Waals surface area (Å²) in [6, 6.07) is 0. The molecule has 1 saturated carbocycles. The number of carbonyl (C=O) groups excluding carboxylic acids is 3. The van der Waals surface area contributed by atoms with E-state index in [2.05, 4.69) is 0 Å². The Morgan fingerprint density at radius 3 is 2.00 bits per heavy atom. The molecule has 2 aliphatic rings. The lowest BCUT2D eigenvalue weighted by molar-refractivity contribution is -0.146. The molecule has 1 aliphatic carbocycles. The summed E-state index contributed by atoms with van der Waals surface area (Å²) in [5, 5.41) is 0. The minimum Gasteiger partial charge on any atom is -0.342 e. The van der Waals surface area contributed by atoms with E-state index in [4.69, 9.17) is 0 Å². The number of fused-ring (bicyclic) bond motifs is 1. The van der Waals surface area contributed by atoms with E-state index >= 15 is 0 Å². The van der Waals surface area contributed by atoms with Crippen LogP contribution in [-0.2, 0) is 14.4 Å². The van der Waals surface area contributed by atoms with Crippen LogP contribution in [0, 0.1) is 11.8 Å². The minimum absolute atomic E-state index is 0.0770. The predicted molar refractivity (Wildman–Crippen MR) is 70.1 cm³/mol. The molecule has 0 bridgehead atoms. The fraction of sp³-hybridized carbons (Fsp3) is 0.786. The molecular formula is C14H22N2O3. The first-order valence-electron chi connectivity index (χ1n) is 7.23. The first kappa shape index (κ1) is 14.0. The van der Waals surface area contributed by atoms with Gasteiger partial charge in [0, 0.05) is 13.1 Å². The Morgan fingerprint density at radius 1 is 1.11 bits per heavy atom. The van der Waals surface area contributed by atoms with Gasteiger partial charge in [-0.1, -0.05) is 12.8 Å². The van der Waals surface area contributed by atoms with Gasteiger partial charge >= 0.3 is 0 Å². The maximum absolute atomic E-state index is 12.2. The highest BCUT2D eigenvalue weighted by atomic mass is 16.2. The van der Waals surface area contributed by atoms with Crippen LogP contribution in [-0.4, -0.2) is 47.2 Å². The molecule has 5 heteroatoms. The number of nitrogens with zero attached hydrogens (tertiary/aromatic N) is 2. The molecule has 2 atom stereocenters. The Morgan fingerprint density at radius 2 is 1.58 bits per heavy atom. The van der Waals surface area contributed by atoms with Crippen molar-refractivity contribution >= 4 is 17.7 Å². The van der Waals surface area contributed by atoms with E-state index in [1.54, 1.807) is 4.90 Å². The molecule has 106 valence electrons. The van der Waals surface area contributed by atoms with Gasteiger partial charge < -0.3 is 4.90 Å². The number of hydrogen-bond acceptors (Lipinski definition) is 3. The van der Waals surface area contributed by atoms with Crippen molar-refractivity contribution < 1.29 is 14.4 Å². The molecule has 0 spiro atoms. The van der Waals surface area contributed by atoms with E-state index in [-0.39, 0.29) is 36.1 Å². The molecule has 0 unspecified atom stereocenters. The highest BCUT2D eigenvalue weighted by molar-refractivity contribution is 6.07. The van der Waals surface area contributed by atoms with Gasteiger partial charge in [-0.15, -0.1) is 0 Å².